The molecule has 6 heteroatoms. The van der Waals surface area contributed by atoms with E-state index in [-0.39, 0.29) is 17.4 Å². The van der Waals surface area contributed by atoms with Crippen LogP contribution < -0.4 is 4.74 Å². The number of carbonyl (C=O) groups excluding carboxylic acids is 2. The van der Waals surface area contributed by atoms with E-state index in [2.05, 4.69) is 0 Å². The first kappa shape index (κ1) is 15.8. The van der Waals surface area contributed by atoms with Crippen molar-refractivity contribution in [1.29, 1.82) is 0 Å². The Labute approximate surface area is 121 Å². The molecule has 0 heterocycles. The monoisotopic (exact) mass is 304 g/mol. The van der Waals surface area contributed by atoms with Crippen molar-refractivity contribution in [3.05, 3.63) is 28.2 Å². The van der Waals surface area contributed by atoms with Crippen LogP contribution in [-0.2, 0) is 14.3 Å². The summed E-state index contributed by atoms with van der Waals surface area (Å²) in [6, 6.07) is 4.47. The highest BCUT2D eigenvalue weighted by Crippen LogP contribution is 2.28. The molecule has 0 saturated carbocycles. The number of rotatable bonds is 5. The van der Waals surface area contributed by atoms with E-state index in [9.17, 15) is 9.59 Å². The standard InChI is InChI=1S/C13H14Cl2O4/c1-3-9(12(16)18-4-2)13(17)19-11-6-5-8(14)7-10(11)15/h5-7,9H,3-4H2,1-2H3. The first-order valence-corrected chi connectivity index (χ1v) is 6.58. The maximum absolute atomic E-state index is 11.9. The third-order valence-corrected chi connectivity index (χ3v) is 2.90. The molecular weight excluding hydrogens is 291 g/mol. The molecule has 0 aromatic heterocycles. The lowest BCUT2D eigenvalue weighted by molar-refractivity contribution is -0.157. The summed E-state index contributed by atoms with van der Waals surface area (Å²) in [5.74, 6) is -2.07. The average molecular weight is 305 g/mol. The number of halogens is 2. The third-order valence-electron chi connectivity index (χ3n) is 2.37. The second-order valence-electron chi connectivity index (χ2n) is 3.71. The van der Waals surface area contributed by atoms with E-state index in [0.29, 0.717) is 11.4 Å². The van der Waals surface area contributed by atoms with Crippen LogP contribution in [0.1, 0.15) is 20.3 Å². The Kier molecular flexibility index (Phi) is 6.12. The van der Waals surface area contributed by atoms with Crippen LogP contribution in [0.15, 0.2) is 18.2 Å². The van der Waals surface area contributed by atoms with Crippen molar-refractivity contribution >= 4 is 35.1 Å². The van der Waals surface area contributed by atoms with Crippen LogP contribution in [0.2, 0.25) is 10.0 Å². The summed E-state index contributed by atoms with van der Waals surface area (Å²) >= 11 is 11.6. The summed E-state index contributed by atoms with van der Waals surface area (Å²) in [5.41, 5.74) is 0. The van der Waals surface area contributed by atoms with Gasteiger partial charge in [0.2, 0.25) is 0 Å². The van der Waals surface area contributed by atoms with E-state index in [0.717, 1.165) is 0 Å². The first-order valence-electron chi connectivity index (χ1n) is 5.83. The smallest absolute Gasteiger partial charge is 0.325 e. The number of hydrogen-bond donors (Lipinski definition) is 0. The summed E-state index contributed by atoms with van der Waals surface area (Å²) in [4.78, 5) is 23.5. The van der Waals surface area contributed by atoms with Crippen molar-refractivity contribution in [2.45, 2.75) is 20.3 Å². The Hall–Kier alpha value is -1.26. The molecule has 0 aliphatic heterocycles. The molecule has 1 atom stereocenters. The van der Waals surface area contributed by atoms with Crippen molar-refractivity contribution in [3.8, 4) is 5.75 Å². The molecule has 0 radical (unpaired) electrons. The van der Waals surface area contributed by atoms with Gasteiger partial charge in [-0.05, 0) is 31.5 Å². The van der Waals surface area contributed by atoms with Gasteiger partial charge in [-0.15, -0.1) is 0 Å². The van der Waals surface area contributed by atoms with Gasteiger partial charge in [-0.25, -0.2) is 0 Å². The van der Waals surface area contributed by atoms with Gasteiger partial charge in [0.1, 0.15) is 5.75 Å². The van der Waals surface area contributed by atoms with Crippen LogP contribution in [0.3, 0.4) is 0 Å². The van der Waals surface area contributed by atoms with Gasteiger partial charge in [0.15, 0.2) is 5.92 Å². The van der Waals surface area contributed by atoms with Gasteiger partial charge >= 0.3 is 11.9 Å². The van der Waals surface area contributed by atoms with Crippen molar-refractivity contribution in [3.63, 3.8) is 0 Å². The summed E-state index contributed by atoms with van der Waals surface area (Å²) in [7, 11) is 0. The SMILES string of the molecule is CCOC(=O)C(CC)C(=O)Oc1ccc(Cl)cc1Cl. The highest BCUT2D eigenvalue weighted by molar-refractivity contribution is 6.35. The van der Waals surface area contributed by atoms with Gasteiger partial charge in [-0.1, -0.05) is 30.1 Å². The predicted molar refractivity (Wildman–Crippen MR) is 72.5 cm³/mol. The van der Waals surface area contributed by atoms with Gasteiger partial charge < -0.3 is 9.47 Å². The first-order chi connectivity index (χ1) is 8.99. The zero-order valence-electron chi connectivity index (χ0n) is 10.6. The van der Waals surface area contributed by atoms with Crippen LogP contribution in [0.5, 0.6) is 5.75 Å². The van der Waals surface area contributed by atoms with Gasteiger partial charge in [0.05, 0.1) is 11.6 Å². The van der Waals surface area contributed by atoms with Crippen molar-refractivity contribution < 1.29 is 19.1 Å². The lowest BCUT2D eigenvalue weighted by Gasteiger charge is -2.13. The molecular formula is C13H14Cl2O4. The zero-order chi connectivity index (χ0) is 14.4. The molecule has 0 spiro atoms. The molecule has 0 aliphatic rings. The lowest BCUT2D eigenvalue weighted by Crippen LogP contribution is -2.29. The van der Waals surface area contributed by atoms with E-state index in [1.54, 1.807) is 19.9 Å². The zero-order valence-corrected chi connectivity index (χ0v) is 12.1. The Bertz CT molecular complexity index is 474. The Morgan fingerprint density at radius 2 is 1.89 bits per heavy atom. The number of ether oxygens (including phenoxy) is 2. The van der Waals surface area contributed by atoms with Crippen LogP contribution in [-0.4, -0.2) is 18.5 Å². The molecule has 0 aliphatic carbocycles. The maximum atomic E-state index is 11.9. The summed E-state index contributed by atoms with van der Waals surface area (Å²) in [6.45, 7) is 3.59. The third kappa shape index (κ3) is 4.40. The highest BCUT2D eigenvalue weighted by Gasteiger charge is 2.28. The predicted octanol–water partition coefficient (Wildman–Crippen LogP) is 3.49. The molecule has 0 fully saturated rings. The highest BCUT2D eigenvalue weighted by atomic mass is 35.5. The fourth-order valence-electron chi connectivity index (χ4n) is 1.41. The van der Waals surface area contributed by atoms with E-state index in [1.807, 2.05) is 0 Å². The Morgan fingerprint density at radius 1 is 1.21 bits per heavy atom. The maximum Gasteiger partial charge on any atom is 0.325 e. The second kappa shape index (κ2) is 7.36. The lowest BCUT2D eigenvalue weighted by atomic mass is 10.1. The number of carbonyl (C=O) groups is 2. The van der Waals surface area contributed by atoms with Gasteiger partial charge in [0, 0.05) is 5.02 Å². The molecule has 1 rings (SSSR count). The number of benzene rings is 1. The largest absolute Gasteiger partial charge is 0.465 e. The Morgan fingerprint density at radius 3 is 2.42 bits per heavy atom. The molecule has 0 N–H and O–H groups in total. The minimum atomic E-state index is -0.952. The fourth-order valence-corrected chi connectivity index (χ4v) is 1.86. The molecule has 4 nitrogen and oxygen atoms in total. The summed E-state index contributed by atoms with van der Waals surface area (Å²) in [6.07, 6.45) is 0.295. The number of esters is 2. The molecule has 1 aromatic rings. The molecule has 0 saturated heterocycles. The normalized spacial score (nSPS) is 11.8. The van der Waals surface area contributed by atoms with Gasteiger partial charge in [-0.3, -0.25) is 9.59 Å². The van der Waals surface area contributed by atoms with Crippen molar-refractivity contribution in [2.75, 3.05) is 6.61 Å². The molecule has 0 amide bonds. The van der Waals surface area contributed by atoms with Crippen LogP contribution in [0.25, 0.3) is 0 Å². The quantitative estimate of drug-likeness (QED) is 0.475. The van der Waals surface area contributed by atoms with Crippen LogP contribution >= 0.6 is 23.2 Å². The minimum Gasteiger partial charge on any atom is -0.465 e. The summed E-state index contributed by atoms with van der Waals surface area (Å²) in [5, 5.41) is 0.641. The molecule has 0 bridgehead atoms. The van der Waals surface area contributed by atoms with E-state index < -0.39 is 17.9 Å². The fraction of sp³-hybridized carbons (Fsp3) is 0.385. The van der Waals surface area contributed by atoms with Crippen molar-refractivity contribution in [2.24, 2.45) is 5.92 Å². The van der Waals surface area contributed by atoms with Crippen LogP contribution in [0.4, 0.5) is 0 Å². The van der Waals surface area contributed by atoms with E-state index in [4.69, 9.17) is 32.7 Å². The topological polar surface area (TPSA) is 52.6 Å². The van der Waals surface area contributed by atoms with Crippen molar-refractivity contribution in [1.82, 2.24) is 0 Å². The van der Waals surface area contributed by atoms with E-state index in [1.165, 1.54) is 12.1 Å². The minimum absolute atomic E-state index is 0.166. The van der Waals surface area contributed by atoms with E-state index >= 15 is 0 Å². The summed E-state index contributed by atoms with van der Waals surface area (Å²) < 4.78 is 9.90. The average Bonchev–Trinajstić information content (AvgIpc) is 2.34. The molecule has 104 valence electrons. The molecule has 1 unspecified atom stereocenters. The molecule has 1 aromatic carbocycles. The number of hydrogen-bond acceptors (Lipinski definition) is 4. The van der Waals surface area contributed by atoms with Crippen LogP contribution in [0, 0.1) is 5.92 Å². The van der Waals surface area contributed by atoms with Gasteiger partial charge in [-0.2, -0.15) is 0 Å². The molecule has 19 heavy (non-hydrogen) atoms. The second-order valence-corrected chi connectivity index (χ2v) is 4.55. The van der Waals surface area contributed by atoms with Gasteiger partial charge in [0.25, 0.3) is 0 Å². The Balaban J connectivity index is 2.79.